The summed E-state index contributed by atoms with van der Waals surface area (Å²) in [6, 6.07) is 19.2. The number of benzene rings is 3. The van der Waals surface area contributed by atoms with Crippen molar-refractivity contribution in [3.05, 3.63) is 106 Å². The van der Waals surface area contributed by atoms with E-state index in [1.54, 1.807) is 37.4 Å². The van der Waals surface area contributed by atoms with E-state index in [1.807, 2.05) is 35.2 Å². The second kappa shape index (κ2) is 19.8. The Labute approximate surface area is 439 Å². The monoisotopic (exact) mass is 1070 g/mol. The van der Waals surface area contributed by atoms with Crippen LogP contribution in [0.5, 0.6) is 5.88 Å². The van der Waals surface area contributed by atoms with Crippen molar-refractivity contribution in [2.24, 2.45) is 11.3 Å². The van der Waals surface area contributed by atoms with E-state index >= 15 is 0 Å². The van der Waals surface area contributed by atoms with E-state index in [0.29, 0.717) is 93.7 Å². The lowest BCUT2D eigenvalue weighted by molar-refractivity contribution is -0.384. The highest BCUT2D eigenvalue weighted by atomic mass is 32.2. The fourth-order valence-electron chi connectivity index (χ4n) is 12.7. The van der Waals surface area contributed by atoms with Crippen LogP contribution in [0.4, 0.5) is 41.6 Å². The number of aromatic nitrogens is 2. The molecule has 11 rings (SSSR count). The Morgan fingerprint density at radius 2 is 1.68 bits per heavy atom. The molecule has 21 heteroatoms. The number of sulfonamides is 1. The van der Waals surface area contributed by atoms with Gasteiger partial charge in [0, 0.05) is 62.2 Å². The van der Waals surface area contributed by atoms with E-state index in [4.69, 9.17) is 19.2 Å². The summed E-state index contributed by atoms with van der Waals surface area (Å²) in [6.07, 6.45) is 3.63. The van der Waals surface area contributed by atoms with Gasteiger partial charge in [0.25, 0.3) is 21.6 Å². The Morgan fingerprint density at radius 3 is 2.43 bits per heavy atom. The highest BCUT2D eigenvalue weighted by Crippen LogP contribution is 2.54. The molecule has 0 radical (unpaired) electrons. The van der Waals surface area contributed by atoms with Gasteiger partial charge in [-0.25, -0.2) is 13.1 Å². The first-order chi connectivity index (χ1) is 36.2. The third-order valence-corrected chi connectivity index (χ3v) is 18.8. The van der Waals surface area contributed by atoms with Crippen molar-refractivity contribution in [3.8, 4) is 5.88 Å². The van der Waals surface area contributed by atoms with E-state index in [0.717, 1.165) is 55.7 Å². The van der Waals surface area contributed by atoms with E-state index < -0.39 is 54.7 Å². The molecule has 0 bridgehead atoms. The van der Waals surface area contributed by atoms with E-state index in [1.165, 1.54) is 26.0 Å². The zero-order valence-corrected chi connectivity index (χ0v) is 43.7. The van der Waals surface area contributed by atoms with Gasteiger partial charge < -0.3 is 39.4 Å². The minimum Gasteiger partial charge on any atom is -0.468 e. The number of pyridine rings is 1. The Hall–Kier alpha value is -6.00. The van der Waals surface area contributed by atoms with Gasteiger partial charge in [-0.2, -0.15) is 18.2 Å². The zero-order valence-electron chi connectivity index (χ0n) is 42.9. The number of carbonyl (C=O) groups is 1. The molecule has 1 spiro atoms. The fourth-order valence-corrected chi connectivity index (χ4v) is 13.7. The number of fused-ring (bicyclic) bond motifs is 3. The predicted molar refractivity (Wildman–Crippen MR) is 280 cm³/mol. The number of aliphatic hydroxyl groups is 1. The topological polar surface area (TPSA) is 205 Å². The van der Waals surface area contributed by atoms with Gasteiger partial charge in [-0.1, -0.05) is 24.3 Å². The highest BCUT2D eigenvalue weighted by Gasteiger charge is 2.53. The van der Waals surface area contributed by atoms with Gasteiger partial charge >= 0.3 is 6.18 Å². The predicted octanol–water partition coefficient (Wildman–Crippen LogP) is 9.29. The molecule has 6 aliphatic rings. The number of nitrogens with one attached hydrogen (secondary N) is 3. The molecule has 406 valence electrons. The molecule has 2 aliphatic carbocycles. The maximum atomic E-state index is 14.7. The third-order valence-electron chi connectivity index (χ3n) is 17.4. The number of hydrogen-bond donors (Lipinski definition) is 4. The molecule has 4 aliphatic heterocycles. The number of carbonyl (C=O) groups excluding carboxylic acids is 1. The number of hydrogen-bond acceptors (Lipinski definition) is 14. The highest BCUT2D eigenvalue weighted by molar-refractivity contribution is 7.90. The van der Waals surface area contributed by atoms with Crippen molar-refractivity contribution in [1.29, 1.82) is 0 Å². The van der Waals surface area contributed by atoms with Crippen LogP contribution in [0.3, 0.4) is 0 Å². The Morgan fingerprint density at radius 1 is 0.934 bits per heavy atom. The Bertz CT molecular complexity index is 3130. The minimum absolute atomic E-state index is 0.0414. The minimum atomic E-state index is -4.67. The lowest BCUT2D eigenvalue weighted by atomic mass is 9.59. The number of aromatic amines is 1. The van der Waals surface area contributed by atoms with Gasteiger partial charge in [0.05, 0.1) is 64.0 Å². The maximum Gasteiger partial charge on any atom is 0.397 e. The molecule has 3 saturated heterocycles. The van der Waals surface area contributed by atoms with Crippen molar-refractivity contribution >= 4 is 55.4 Å². The Kier molecular flexibility index (Phi) is 13.6. The maximum absolute atomic E-state index is 14.7. The van der Waals surface area contributed by atoms with Gasteiger partial charge in [-0.05, 0) is 143 Å². The molecule has 17 nitrogen and oxygen atoms in total. The van der Waals surface area contributed by atoms with Gasteiger partial charge in [0.1, 0.15) is 23.1 Å². The number of morpholine rings is 1. The standard InChI is InChI=1S/C55H65F3N8O9S/c1-52(2,55(56,57)58)41-7-5-4-6-39(41)47-32-74-25-23-64(47)37-29-54(30-37)18-21-63(22-19-54)36-8-10-40(44(27-36)65-43-15-24-73-33-48(43)75-51-46(65)26-35-14-20-59-49(35)61-51)50(67)62-76(71,72)38-9-11-42(45(28-38)66(69)70)60-31-34-12-16-53(3,68)17-13-34/h4-11,14,20,26-28,34,37,43,47-48,60,68H,12-13,15-19,21-25,29-33H2,1-3H3,(H,59,61)(H,62,67)/t34-,43-,47-,48-,53-/m0/s1. The number of alkyl halides is 3. The van der Waals surface area contributed by atoms with Crippen molar-refractivity contribution < 1.29 is 50.6 Å². The Balaban J connectivity index is 0.858. The van der Waals surface area contributed by atoms with Gasteiger partial charge in [0.2, 0.25) is 5.88 Å². The second-order valence-electron chi connectivity index (χ2n) is 22.7. The van der Waals surface area contributed by atoms with E-state index in [2.05, 4.69) is 24.8 Å². The molecule has 2 aromatic heterocycles. The average molecular weight is 1070 g/mol. The second-order valence-corrected chi connectivity index (χ2v) is 24.3. The van der Waals surface area contributed by atoms with Gasteiger partial charge in [-0.15, -0.1) is 0 Å². The quantitative estimate of drug-likeness (QED) is 0.0679. The summed E-state index contributed by atoms with van der Waals surface area (Å²) in [5, 5.41) is 26.7. The summed E-state index contributed by atoms with van der Waals surface area (Å²) < 4.78 is 92.2. The molecule has 5 aromatic rings. The molecule has 3 atom stereocenters. The van der Waals surface area contributed by atoms with Crippen molar-refractivity contribution in [1.82, 2.24) is 19.6 Å². The number of amides is 1. The lowest BCUT2D eigenvalue weighted by Gasteiger charge is -2.57. The van der Waals surface area contributed by atoms with E-state index in [-0.39, 0.29) is 52.9 Å². The number of nitrogens with zero attached hydrogens (tertiary/aromatic N) is 5. The van der Waals surface area contributed by atoms with Gasteiger partial charge in [-0.3, -0.25) is 19.8 Å². The molecule has 5 fully saturated rings. The number of H-pyrrole nitrogens is 1. The number of rotatable bonds is 12. The molecule has 4 N–H and O–H groups in total. The molecular formula is C55H65F3N8O9S. The molecule has 2 saturated carbocycles. The fraction of sp³-hybridized carbons (Fsp3) is 0.527. The molecular weight excluding hydrogens is 1010 g/mol. The molecule has 6 heterocycles. The number of anilines is 4. The summed E-state index contributed by atoms with van der Waals surface area (Å²) in [7, 11) is -4.67. The average Bonchev–Trinajstić information content (AvgIpc) is 3.95. The van der Waals surface area contributed by atoms with Crippen LogP contribution >= 0.6 is 0 Å². The van der Waals surface area contributed by atoms with Crippen LogP contribution in [-0.4, -0.2) is 122 Å². The molecule has 76 heavy (non-hydrogen) atoms. The van der Waals surface area contributed by atoms with Crippen LogP contribution in [-0.2, 0) is 24.9 Å². The number of piperidine rings is 1. The molecule has 1 amide bonds. The van der Waals surface area contributed by atoms with Crippen LogP contribution in [0.2, 0.25) is 0 Å². The number of halogens is 3. The number of nitro benzene ring substituents is 1. The number of ether oxygens (including phenoxy) is 3. The van der Waals surface area contributed by atoms with E-state index in [9.17, 15) is 41.6 Å². The molecule has 3 aromatic carbocycles. The van der Waals surface area contributed by atoms with Crippen LogP contribution in [0.15, 0.2) is 83.9 Å². The van der Waals surface area contributed by atoms with Crippen LogP contribution in [0.25, 0.3) is 11.0 Å². The zero-order chi connectivity index (χ0) is 53.4. The largest absolute Gasteiger partial charge is 0.468 e. The van der Waals surface area contributed by atoms with Crippen molar-refractivity contribution in [2.75, 3.05) is 67.7 Å². The normalized spacial score (nSPS) is 25.3. The van der Waals surface area contributed by atoms with Crippen LogP contribution in [0, 0.1) is 21.4 Å². The number of nitro groups is 1. The first-order valence-corrected chi connectivity index (χ1v) is 27.9. The summed E-state index contributed by atoms with van der Waals surface area (Å²) in [5.74, 6) is -0.448. The summed E-state index contributed by atoms with van der Waals surface area (Å²) >= 11 is 0. The van der Waals surface area contributed by atoms with Gasteiger partial charge in [0.15, 0.2) is 0 Å². The first kappa shape index (κ1) is 52.1. The lowest BCUT2D eigenvalue weighted by Crippen LogP contribution is -2.58. The first-order valence-electron chi connectivity index (χ1n) is 26.4. The SMILES string of the molecule is CC(C)(c1ccccc1[C@@H]1COCCN1C1CC2(CCN(c3ccc(C(=O)NS(=O)(=O)c4ccc(NC[C@H]5CC[C@](C)(O)CC5)c([N+](=O)[O-])c4)c(N4c5cc6cc[nH]c6nc5O[C@H]5COCC[C@@H]54)c3)CC2)C1)C(F)(F)F. The van der Waals surface area contributed by atoms with Crippen molar-refractivity contribution in [2.45, 2.75) is 125 Å². The van der Waals surface area contributed by atoms with Crippen molar-refractivity contribution in [3.63, 3.8) is 0 Å². The summed E-state index contributed by atoms with van der Waals surface area (Å²) in [5.41, 5.74) is 0.363. The smallest absolute Gasteiger partial charge is 0.397 e. The molecule has 0 unspecified atom stereocenters. The van der Waals surface area contributed by atoms with Crippen LogP contribution in [0.1, 0.15) is 106 Å². The van der Waals surface area contributed by atoms with Crippen LogP contribution < -0.4 is 24.6 Å². The summed E-state index contributed by atoms with van der Waals surface area (Å²) in [6.45, 7) is 8.20. The third kappa shape index (κ3) is 9.85. The summed E-state index contributed by atoms with van der Waals surface area (Å²) in [4.78, 5) is 40.6.